The number of nitrogens with zero attached hydrogens (tertiary/aromatic N) is 4. The maximum atomic E-state index is 12.9. The van der Waals surface area contributed by atoms with Gasteiger partial charge in [-0.1, -0.05) is 24.4 Å². The molecule has 3 rings (SSSR count). The van der Waals surface area contributed by atoms with Crippen molar-refractivity contribution in [2.24, 2.45) is 7.05 Å². The number of benzene rings is 1. The highest BCUT2D eigenvalue weighted by Gasteiger charge is 2.16. The lowest BCUT2D eigenvalue weighted by atomic mass is 10.1. The van der Waals surface area contributed by atoms with Gasteiger partial charge in [0.05, 0.1) is 12.7 Å². The predicted molar refractivity (Wildman–Crippen MR) is 78.2 cm³/mol. The van der Waals surface area contributed by atoms with E-state index >= 15 is 0 Å². The Kier molecular flexibility index (Phi) is 3.68. The van der Waals surface area contributed by atoms with Gasteiger partial charge in [0.1, 0.15) is 5.82 Å². The molecule has 8 heteroatoms. The van der Waals surface area contributed by atoms with Crippen LogP contribution >= 0.6 is 12.2 Å². The molecule has 1 aromatic carbocycles. The van der Waals surface area contributed by atoms with E-state index in [-0.39, 0.29) is 27.8 Å². The molecule has 0 atom stereocenters. The van der Waals surface area contributed by atoms with Gasteiger partial charge in [-0.25, -0.2) is 9.37 Å². The molecule has 3 aromatic rings. The molecular weight excluding hydrogens is 307 g/mol. The molecule has 0 aliphatic rings. The van der Waals surface area contributed by atoms with Crippen LogP contribution in [0.2, 0.25) is 0 Å². The van der Waals surface area contributed by atoms with Crippen LogP contribution in [0.3, 0.4) is 0 Å². The van der Waals surface area contributed by atoms with Crippen molar-refractivity contribution >= 4 is 12.2 Å². The van der Waals surface area contributed by atoms with Crippen LogP contribution in [0.15, 0.2) is 35.0 Å². The minimum absolute atomic E-state index is 0.0845. The highest BCUT2D eigenvalue weighted by molar-refractivity contribution is 7.71. The van der Waals surface area contributed by atoms with Gasteiger partial charge in [0.15, 0.2) is 16.1 Å². The number of halogens is 1. The molecule has 0 radical (unpaired) electrons. The third-order valence-corrected chi connectivity index (χ3v) is 3.53. The quantitative estimate of drug-likeness (QED) is 0.748. The monoisotopic (exact) mass is 318 g/mol. The highest BCUT2D eigenvalue weighted by atomic mass is 32.1. The second kappa shape index (κ2) is 5.64. The van der Waals surface area contributed by atoms with Crippen LogP contribution in [-0.2, 0) is 13.5 Å². The molecule has 0 saturated carbocycles. The van der Waals surface area contributed by atoms with Crippen LogP contribution in [-0.4, -0.2) is 24.9 Å². The Morgan fingerprint density at radius 3 is 2.73 bits per heavy atom. The van der Waals surface area contributed by atoms with Gasteiger partial charge in [-0.2, -0.15) is 0 Å². The minimum Gasteiger partial charge on any atom is -0.503 e. The Morgan fingerprint density at radius 1 is 1.27 bits per heavy atom. The van der Waals surface area contributed by atoms with Crippen molar-refractivity contribution in [1.29, 1.82) is 0 Å². The Balaban J connectivity index is 1.89. The van der Waals surface area contributed by atoms with Gasteiger partial charge >= 0.3 is 0 Å². The van der Waals surface area contributed by atoms with Gasteiger partial charge in [0.2, 0.25) is 5.89 Å². The number of hydrogen-bond acceptors (Lipinski definition) is 6. The lowest BCUT2D eigenvalue weighted by Gasteiger charge is -2.02. The fraction of sp³-hybridized carbons (Fsp3) is 0.143. The molecule has 112 valence electrons. The molecule has 0 spiro atoms. The predicted octanol–water partition coefficient (Wildman–Crippen LogP) is 2.64. The Hall–Kier alpha value is -2.61. The molecule has 0 amide bonds. The van der Waals surface area contributed by atoms with Crippen molar-refractivity contribution in [3.63, 3.8) is 0 Å². The van der Waals surface area contributed by atoms with E-state index in [1.54, 1.807) is 19.2 Å². The van der Waals surface area contributed by atoms with Crippen LogP contribution in [0.4, 0.5) is 4.39 Å². The van der Waals surface area contributed by atoms with Crippen molar-refractivity contribution in [1.82, 2.24) is 19.7 Å². The van der Waals surface area contributed by atoms with Gasteiger partial charge in [0, 0.05) is 7.05 Å². The summed E-state index contributed by atoms with van der Waals surface area (Å²) in [6.45, 7) is 0. The van der Waals surface area contributed by atoms with Crippen LogP contribution in [0.5, 0.6) is 5.75 Å². The number of aromatic nitrogens is 4. The fourth-order valence-electron chi connectivity index (χ4n) is 1.88. The summed E-state index contributed by atoms with van der Waals surface area (Å²) in [4.78, 5) is 4.04. The second-order valence-corrected chi connectivity index (χ2v) is 5.05. The van der Waals surface area contributed by atoms with Crippen LogP contribution < -0.4 is 0 Å². The topological polar surface area (TPSA) is 77.0 Å². The van der Waals surface area contributed by atoms with Gasteiger partial charge < -0.3 is 14.1 Å². The zero-order valence-corrected chi connectivity index (χ0v) is 12.3. The van der Waals surface area contributed by atoms with Crippen LogP contribution in [0.1, 0.15) is 11.5 Å². The molecule has 2 heterocycles. The average molecular weight is 318 g/mol. The van der Waals surface area contributed by atoms with Crippen LogP contribution in [0.25, 0.3) is 11.6 Å². The summed E-state index contributed by atoms with van der Waals surface area (Å²) in [5.41, 5.74) is 0.971. The summed E-state index contributed by atoms with van der Waals surface area (Å²) in [6.07, 6.45) is 1.82. The summed E-state index contributed by atoms with van der Waals surface area (Å²) >= 11 is 5.05. The molecule has 0 saturated heterocycles. The standard InChI is InChI=1S/C14H11FN4O2S/c1-19-7-16-11(12(20)14(19)22)13-18-17-10(21-13)6-8-2-4-9(15)5-3-8/h2-5,7,20H,6H2,1H3. The van der Waals surface area contributed by atoms with Crippen molar-refractivity contribution in [3.8, 4) is 17.3 Å². The molecule has 0 aliphatic carbocycles. The molecule has 0 bridgehead atoms. The Labute approximate surface area is 129 Å². The van der Waals surface area contributed by atoms with Crippen LogP contribution in [0, 0.1) is 10.5 Å². The third-order valence-electron chi connectivity index (χ3n) is 3.05. The summed E-state index contributed by atoms with van der Waals surface area (Å²) in [6, 6.07) is 6.00. The highest BCUT2D eigenvalue weighted by Crippen LogP contribution is 2.26. The molecule has 2 aromatic heterocycles. The van der Waals surface area contributed by atoms with Crippen molar-refractivity contribution < 1.29 is 13.9 Å². The van der Waals surface area contributed by atoms with Gasteiger partial charge in [-0.15, -0.1) is 10.2 Å². The normalized spacial score (nSPS) is 10.8. The summed E-state index contributed by atoms with van der Waals surface area (Å²) < 4.78 is 20.1. The fourth-order valence-corrected chi connectivity index (χ4v) is 2.02. The van der Waals surface area contributed by atoms with Gasteiger partial charge in [-0.05, 0) is 17.7 Å². The van der Waals surface area contributed by atoms with E-state index in [1.807, 2.05) is 0 Å². The molecular formula is C14H11FN4O2S. The Bertz CT molecular complexity index is 873. The maximum Gasteiger partial charge on any atom is 0.270 e. The number of hydrogen-bond donors (Lipinski definition) is 1. The first-order chi connectivity index (χ1) is 10.5. The lowest BCUT2D eigenvalue weighted by molar-refractivity contribution is 0.456. The first-order valence-corrected chi connectivity index (χ1v) is 6.77. The SMILES string of the molecule is Cn1cnc(-c2nnc(Cc3ccc(F)cc3)o2)c(O)c1=S. The molecule has 1 N–H and O–H groups in total. The van der Waals surface area contributed by atoms with E-state index in [0.29, 0.717) is 12.3 Å². The molecule has 0 aliphatic heterocycles. The average Bonchev–Trinajstić information content (AvgIpc) is 2.96. The van der Waals surface area contributed by atoms with Crippen molar-refractivity contribution in [2.75, 3.05) is 0 Å². The van der Waals surface area contributed by atoms with Crippen molar-refractivity contribution in [3.05, 3.63) is 52.5 Å². The number of aromatic hydroxyl groups is 1. The Morgan fingerprint density at radius 2 is 2.00 bits per heavy atom. The van der Waals surface area contributed by atoms with E-state index in [1.165, 1.54) is 23.0 Å². The second-order valence-electron chi connectivity index (χ2n) is 4.66. The van der Waals surface area contributed by atoms with E-state index in [2.05, 4.69) is 15.2 Å². The zero-order chi connectivity index (χ0) is 15.7. The summed E-state index contributed by atoms with van der Waals surface area (Å²) in [5.74, 6) is -0.0699. The maximum absolute atomic E-state index is 12.9. The molecule has 0 unspecified atom stereocenters. The van der Waals surface area contributed by atoms with E-state index in [4.69, 9.17) is 16.6 Å². The zero-order valence-electron chi connectivity index (χ0n) is 11.5. The number of aryl methyl sites for hydroxylation is 1. The van der Waals surface area contributed by atoms with Crippen molar-refractivity contribution in [2.45, 2.75) is 6.42 Å². The first-order valence-electron chi connectivity index (χ1n) is 6.36. The van der Waals surface area contributed by atoms with E-state index in [0.717, 1.165) is 5.56 Å². The molecule has 22 heavy (non-hydrogen) atoms. The number of rotatable bonds is 3. The van der Waals surface area contributed by atoms with Gasteiger partial charge in [-0.3, -0.25) is 0 Å². The molecule has 0 fully saturated rings. The van der Waals surface area contributed by atoms with E-state index < -0.39 is 0 Å². The van der Waals surface area contributed by atoms with E-state index in [9.17, 15) is 9.50 Å². The summed E-state index contributed by atoms with van der Waals surface area (Å²) in [7, 11) is 1.67. The summed E-state index contributed by atoms with van der Waals surface area (Å²) in [5, 5.41) is 17.8. The molecule has 6 nitrogen and oxygen atoms in total. The first kappa shape index (κ1) is 14.3. The minimum atomic E-state index is -0.306. The smallest absolute Gasteiger partial charge is 0.270 e. The lowest BCUT2D eigenvalue weighted by Crippen LogP contribution is -1.96. The third kappa shape index (κ3) is 2.73. The largest absolute Gasteiger partial charge is 0.503 e. The van der Waals surface area contributed by atoms with Gasteiger partial charge in [0.25, 0.3) is 5.89 Å².